The van der Waals surface area contributed by atoms with Gasteiger partial charge >= 0.3 is 0 Å². The minimum Gasteiger partial charge on any atom is -0.347 e. The van der Waals surface area contributed by atoms with Gasteiger partial charge in [0, 0.05) is 34.9 Å². The Labute approximate surface area is 269 Å². The van der Waals surface area contributed by atoms with Gasteiger partial charge in [-0.1, -0.05) is 96.7 Å². The summed E-state index contributed by atoms with van der Waals surface area (Å²) in [6.45, 7) is 17.9. The van der Waals surface area contributed by atoms with Crippen molar-refractivity contribution in [2.75, 3.05) is 27.2 Å². The number of carbonyl (C=O) groups is 3. The van der Waals surface area contributed by atoms with E-state index in [0.29, 0.717) is 11.3 Å². The maximum absolute atomic E-state index is 11.9. The van der Waals surface area contributed by atoms with E-state index >= 15 is 0 Å². The lowest BCUT2D eigenvalue weighted by Gasteiger charge is -2.20. The predicted molar refractivity (Wildman–Crippen MR) is 188 cm³/mol. The van der Waals surface area contributed by atoms with Gasteiger partial charge < -0.3 is 16.0 Å². The van der Waals surface area contributed by atoms with Crippen LogP contribution >= 0.6 is 0 Å². The molecule has 0 fully saturated rings. The summed E-state index contributed by atoms with van der Waals surface area (Å²) in [5, 5.41) is 9.16. The van der Waals surface area contributed by atoms with Crippen molar-refractivity contribution in [2.24, 2.45) is 11.8 Å². The van der Waals surface area contributed by atoms with E-state index in [1.807, 2.05) is 111 Å². The number of amides is 1. The fourth-order valence-electron chi connectivity index (χ4n) is 4.13. The highest BCUT2D eigenvalue weighted by molar-refractivity contribution is 5.97. The maximum Gasteiger partial charge on any atom is 0.251 e. The van der Waals surface area contributed by atoms with Crippen molar-refractivity contribution in [3.8, 4) is 0 Å². The summed E-state index contributed by atoms with van der Waals surface area (Å²) >= 11 is 0. The molecule has 0 bridgehead atoms. The third-order valence-corrected chi connectivity index (χ3v) is 6.97. The molecule has 44 heavy (non-hydrogen) atoms. The fraction of sp³-hybridized carbons (Fsp3) is 0.605. The highest BCUT2D eigenvalue weighted by atomic mass is 16.2. The Morgan fingerprint density at radius 3 is 1.50 bits per heavy atom. The molecule has 3 N–H and O–H groups in total. The second kappa shape index (κ2) is 23.5. The summed E-state index contributed by atoms with van der Waals surface area (Å²) in [4.78, 5) is 34.7. The van der Waals surface area contributed by atoms with Crippen LogP contribution in [0.15, 0.2) is 48.5 Å². The summed E-state index contributed by atoms with van der Waals surface area (Å²) in [6, 6.07) is 15.7. The van der Waals surface area contributed by atoms with E-state index in [1.165, 1.54) is 36.8 Å². The van der Waals surface area contributed by atoms with Crippen LogP contribution in [0.1, 0.15) is 126 Å². The fourth-order valence-corrected chi connectivity index (χ4v) is 4.13. The number of rotatable bonds is 16. The van der Waals surface area contributed by atoms with Crippen molar-refractivity contribution in [1.29, 1.82) is 0 Å². The van der Waals surface area contributed by atoms with Crippen molar-refractivity contribution in [2.45, 2.75) is 112 Å². The monoisotopic (exact) mass is 609 g/mol. The van der Waals surface area contributed by atoms with Crippen LogP contribution in [0.3, 0.4) is 0 Å². The van der Waals surface area contributed by atoms with Crippen LogP contribution in [-0.4, -0.2) is 50.2 Å². The van der Waals surface area contributed by atoms with Crippen molar-refractivity contribution in [3.05, 3.63) is 70.8 Å². The Balaban J connectivity index is 0.000000641. The summed E-state index contributed by atoms with van der Waals surface area (Å²) in [5.74, 6) is 0.934. The summed E-state index contributed by atoms with van der Waals surface area (Å²) in [7, 11) is 3.88. The molecule has 0 radical (unpaired) electrons. The van der Waals surface area contributed by atoms with E-state index in [0.717, 1.165) is 44.3 Å². The van der Waals surface area contributed by atoms with Crippen LogP contribution in [0.5, 0.6) is 0 Å². The molecule has 0 unspecified atom stereocenters. The number of nitrogens with one attached hydrogen (secondary N) is 3. The molecule has 6 nitrogen and oxygen atoms in total. The van der Waals surface area contributed by atoms with Crippen molar-refractivity contribution >= 4 is 17.5 Å². The molecule has 0 aliphatic carbocycles. The molecule has 0 saturated heterocycles. The molecule has 0 aliphatic rings. The quantitative estimate of drug-likeness (QED) is 0.133. The minimum atomic E-state index is -0.193. The number of hydrogen-bond acceptors (Lipinski definition) is 5. The average Bonchev–Trinajstić information content (AvgIpc) is 2.98. The highest BCUT2D eigenvalue weighted by Crippen LogP contribution is 2.11. The Bertz CT molecular complexity index is 1050. The Kier molecular flexibility index (Phi) is 22.0. The first-order valence-corrected chi connectivity index (χ1v) is 16.6. The van der Waals surface area contributed by atoms with Crippen LogP contribution < -0.4 is 16.0 Å². The predicted octanol–water partition coefficient (Wildman–Crippen LogP) is 7.84. The zero-order valence-corrected chi connectivity index (χ0v) is 29.6. The number of unbranched alkanes of at least 4 members (excludes halogenated alkanes) is 4. The zero-order chi connectivity index (χ0) is 33.5. The molecule has 2 aromatic carbocycles. The number of hydrogen-bond donors (Lipinski definition) is 3. The first-order chi connectivity index (χ1) is 20.7. The maximum atomic E-state index is 11.9. The molecule has 2 rings (SSSR count). The first-order valence-electron chi connectivity index (χ1n) is 16.6. The van der Waals surface area contributed by atoms with Gasteiger partial charge in [0.15, 0.2) is 5.78 Å². The second-order valence-corrected chi connectivity index (χ2v) is 13.1. The van der Waals surface area contributed by atoms with Crippen molar-refractivity contribution < 1.29 is 14.4 Å². The number of Topliss-reactive ketones (excluding diaryl/α,β-unsaturated/α-hetero) is 2. The van der Waals surface area contributed by atoms with E-state index in [9.17, 15) is 14.4 Å². The third kappa shape index (κ3) is 20.2. The number of carbonyl (C=O) groups excluding carboxylic acids is 3. The van der Waals surface area contributed by atoms with Gasteiger partial charge in [0.05, 0.1) is 0 Å². The van der Waals surface area contributed by atoms with Crippen molar-refractivity contribution in [1.82, 2.24) is 16.0 Å². The molecule has 0 aromatic heterocycles. The van der Waals surface area contributed by atoms with Crippen LogP contribution in [-0.2, 0) is 17.6 Å². The lowest BCUT2D eigenvalue weighted by molar-refractivity contribution is -0.122. The number of ketones is 2. The molecule has 1 amide bonds. The zero-order valence-electron chi connectivity index (χ0n) is 29.6. The van der Waals surface area contributed by atoms with Gasteiger partial charge in [-0.15, -0.1) is 0 Å². The summed E-state index contributed by atoms with van der Waals surface area (Å²) in [6.07, 6.45) is 8.99. The molecule has 0 saturated carbocycles. The molecule has 248 valence electrons. The topological polar surface area (TPSA) is 87.3 Å². The van der Waals surface area contributed by atoms with Crippen molar-refractivity contribution in [3.63, 3.8) is 0 Å². The number of benzene rings is 2. The van der Waals surface area contributed by atoms with Crippen LogP contribution in [0.4, 0.5) is 0 Å². The Hall–Kier alpha value is -2.83. The molecular weight excluding hydrogens is 546 g/mol. The van der Waals surface area contributed by atoms with E-state index in [1.54, 1.807) is 0 Å². The third-order valence-electron chi connectivity index (χ3n) is 6.97. The molecule has 2 aromatic rings. The standard InChI is InChI=1S/C14H22N2O.C13H19NO.C11H22O/c1-14(2,3)16-13(17)12-7-5-11(6-8-12)9-10-15-4;1-10(2)13(15)12-6-4-11(5-7-12)8-9-14-3;1-4-5-6-7-8-9-11(12)10(2)3/h5-8,15H,9-10H2,1-4H3,(H,16,17);4-7,10,14H,8-9H2,1-3H3;10H,4-9H2,1-3H3. The molecule has 0 spiro atoms. The van der Waals surface area contributed by atoms with E-state index in [-0.39, 0.29) is 29.1 Å². The normalized spacial score (nSPS) is 10.9. The molecule has 6 heteroatoms. The molecule has 0 heterocycles. The Morgan fingerprint density at radius 1 is 0.659 bits per heavy atom. The van der Waals surface area contributed by atoms with Gasteiger partial charge in [0.1, 0.15) is 5.78 Å². The molecule has 0 aliphatic heterocycles. The molecule has 0 atom stereocenters. The van der Waals surface area contributed by atoms with Crippen LogP contribution in [0.2, 0.25) is 0 Å². The largest absolute Gasteiger partial charge is 0.347 e. The summed E-state index contributed by atoms with van der Waals surface area (Å²) in [5.41, 5.74) is 3.85. The van der Waals surface area contributed by atoms with Gasteiger partial charge in [-0.25, -0.2) is 0 Å². The van der Waals surface area contributed by atoms with Crippen LogP contribution in [0, 0.1) is 11.8 Å². The van der Waals surface area contributed by atoms with E-state index < -0.39 is 0 Å². The summed E-state index contributed by atoms with van der Waals surface area (Å²) < 4.78 is 0. The van der Waals surface area contributed by atoms with Gasteiger partial charge in [0.2, 0.25) is 0 Å². The average molecular weight is 610 g/mol. The van der Waals surface area contributed by atoms with Gasteiger partial charge in [-0.2, -0.15) is 0 Å². The smallest absolute Gasteiger partial charge is 0.251 e. The van der Waals surface area contributed by atoms with E-state index in [2.05, 4.69) is 22.9 Å². The van der Waals surface area contributed by atoms with Gasteiger partial charge in [-0.05, 0) is 90.5 Å². The minimum absolute atomic E-state index is 0.0160. The lowest BCUT2D eigenvalue weighted by atomic mass is 9.99. The van der Waals surface area contributed by atoms with Crippen LogP contribution in [0.25, 0.3) is 0 Å². The lowest BCUT2D eigenvalue weighted by Crippen LogP contribution is -2.40. The second-order valence-electron chi connectivity index (χ2n) is 13.1. The first kappa shape index (κ1) is 41.2. The molecular formula is C38H63N3O3. The highest BCUT2D eigenvalue weighted by Gasteiger charge is 2.15. The van der Waals surface area contributed by atoms with E-state index in [4.69, 9.17) is 0 Å². The SMILES string of the molecule is CCCCCCCC(=O)C(C)C.CNCCc1ccc(C(=O)C(C)C)cc1.CNCCc1ccc(C(=O)NC(C)(C)C)cc1. The van der Waals surface area contributed by atoms with Gasteiger partial charge in [-0.3, -0.25) is 14.4 Å². The van der Waals surface area contributed by atoms with Gasteiger partial charge in [0.25, 0.3) is 5.91 Å². The Morgan fingerprint density at radius 2 is 1.11 bits per heavy atom. The number of likely N-dealkylation sites (N-methyl/N-ethyl adjacent to an activating group) is 2.